The SMILES string of the molecule is CCCCCCCCCCCCOC(=O)C(=O)OS(=O)(=O)c1ccccc1.[NaH]. The van der Waals surface area contributed by atoms with Crippen molar-refractivity contribution in [2.75, 3.05) is 6.61 Å². The Labute approximate surface area is 190 Å². The van der Waals surface area contributed by atoms with Crippen molar-refractivity contribution in [2.45, 2.75) is 76.0 Å². The van der Waals surface area contributed by atoms with Crippen molar-refractivity contribution in [1.82, 2.24) is 0 Å². The molecule has 0 aliphatic rings. The summed E-state index contributed by atoms with van der Waals surface area (Å²) in [5.74, 6) is -2.81. The van der Waals surface area contributed by atoms with Crippen LogP contribution in [0.1, 0.15) is 71.1 Å². The first-order valence-electron chi connectivity index (χ1n) is 9.68. The number of benzene rings is 1. The number of carbonyl (C=O) groups is 2. The number of unbranched alkanes of at least 4 members (excludes halogenated alkanes) is 9. The summed E-state index contributed by atoms with van der Waals surface area (Å²) in [6.45, 7) is 2.28. The van der Waals surface area contributed by atoms with E-state index in [0.717, 1.165) is 19.3 Å². The van der Waals surface area contributed by atoms with Gasteiger partial charge >= 0.3 is 51.6 Å². The van der Waals surface area contributed by atoms with Crippen LogP contribution in [0.2, 0.25) is 0 Å². The Kier molecular flexibility index (Phi) is 15.5. The van der Waals surface area contributed by atoms with Crippen molar-refractivity contribution in [3.05, 3.63) is 30.3 Å². The fourth-order valence-corrected chi connectivity index (χ4v) is 3.44. The molecule has 0 N–H and O–H groups in total. The third-order valence-corrected chi connectivity index (χ3v) is 5.34. The van der Waals surface area contributed by atoms with Crippen molar-refractivity contribution in [3.8, 4) is 0 Å². The zero-order valence-corrected chi connectivity index (χ0v) is 16.8. The Balaban J connectivity index is 0.00000729. The van der Waals surface area contributed by atoms with Crippen molar-refractivity contribution in [1.29, 1.82) is 0 Å². The Morgan fingerprint density at radius 2 is 1.29 bits per heavy atom. The van der Waals surface area contributed by atoms with Crippen LogP contribution < -0.4 is 0 Å². The van der Waals surface area contributed by atoms with Gasteiger partial charge in [-0.05, 0) is 18.6 Å². The van der Waals surface area contributed by atoms with Gasteiger partial charge in [0.15, 0.2) is 0 Å². The first-order chi connectivity index (χ1) is 13.0. The molecule has 0 atom stereocenters. The molecule has 6 nitrogen and oxygen atoms in total. The molecule has 0 bridgehead atoms. The van der Waals surface area contributed by atoms with E-state index >= 15 is 0 Å². The molecule has 28 heavy (non-hydrogen) atoms. The topological polar surface area (TPSA) is 86.7 Å². The number of hydrogen-bond donors (Lipinski definition) is 0. The van der Waals surface area contributed by atoms with E-state index in [1.807, 2.05) is 0 Å². The van der Waals surface area contributed by atoms with Crippen LogP contribution in [0.5, 0.6) is 0 Å². The Hall–Kier alpha value is -0.890. The second-order valence-corrected chi connectivity index (χ2v) is 8.00. The average molecular weight is 423 g/mol. The van der Waals surface area contributed by atoms with E-state index in [0.29, 0.717) is 6.42 Å². The molecule has 0 unspecified atom stereocenters. The quantitative estimate of drug-likeness (QED) is 0.158. The molecule has 0 heterocycles. The first-order valence-corrected chi connectivity index (χ1v) is 11.1. The van der Waals surface area contributed by atoms with Crippen LogP contribution >= 0.6 is 0 Å². The van der Waals surface area contributed by atoms with Gasteiger partial charge in [0.25, 0.3) is 0 Å². The van der Waals surface area contributed by atoms with Crippen LogP contribution in [0, 0.1) is 0 Å². The van der Waals surface area contributed by atoms with E-state index in [1.54, 1.807) is 6.07 Å². The van der Waals surface area contributed by atoms with Crippen LogP contribution in [-0.2, 0) is 28.6 Å². The molecule has 0 fully saturated rings. The van der Waals surface area contributed by atoms with Crippen molar-refractivity contribution < 1.29 is 26.9 Å². The fourth-order valence-electron chi connectivity index (χ4n) is 2.58. The Morgan fingerprint density at radius 3 is 1.82 bits per heavy atom. The van der Waals surface area contributed by atoms with E-state index in [2.05, 4.69) is 11.1 Å². The third kappa shape index (κ3) is 11.8. The van der Waals surface area contributed by atoms with E-state index in [4.69, 9.17) is 4.74 Å². The molecule has 1 aromatic carbocycles. The molecular formula is C20H31NaO6S. The van der Waals surface area contributed by atoms with Gasteiger partial charge in [-0.3, -0.25) is 0 Å². The van der Waals surface area contributed by atoms with Crippen LogP contribution in [0.3, 0.4) is 0 Å². The van der Waals surface area contributed by atoms with Crippen LogP contribution in [0.15, 0.2) is 35.2 Å². The molecule has 154 valence electrons. The number of hydrogen-bond acceptors (Lipinski definition) is 6. The third-order valence-electron chi connectivity index (χ3n) is 4.11. The van der Waals surface area contributed by atoms with Gasteiger partial charge in [-0.1, -0.05) is 82.9 Å². The van der Waals surface area contributed by atoms with E-state index in [-0.39, 0.29) is 41.1 Å². The summed E-state index contributed by atoms with van der Waals surface area (Å²) in [4.78, 5) is 22.9. The molecule has 0 saturated heterocycles. The first kappa shape index (κ1) is 27.1. The monoisotopic (exact) mass is 422 g/mol. The van der Waals surface area contributed by atoms with Gasteiger partial charge in [0.2, 0.25) is 0 Å². The summed E-state index contributed by atoms with van der Waals surface area (Å²) in [6, 6.07) is 7.16. The van der Waals surface area contributed by atoms with Crippen LogP contribution in [0.25, 0.3) is 0 Å². The van der Waals surface area contributed by atoms with Gasteiger partial charge in [-0.25, -0.2) is 9.59 Å². The van der Waals surface area contributed by atoms with Crippen molar-refractivity contribution >= 4 is 51.6 Å². The normalized spacial score (nSPS) is 10.8. The van der Waals surface area contributed by atoms with Gasteiger partial charge in [0.1, 0.15) is 4.90 Å². The average Bonchev–Trinajstić information content (AvgIpc) is 2.66. The predicted molar refractivity (Wildman–Crippen MR) is 110 cm³/mol. The molecule has 0 aliphatic carbocycles. The molecule has 0 radical (unpaired) electrons. The number of ether oxygens (including phenoxy) is 1. The molecule has 0 amide bonds. The van der Waals surface area contributed by atoms with Gasteiger partial charge in [0, 0.05) is 0 Å². The van der Waals surface area contributed by atoms with E-state index in [9.17, 15) is 18.0 Å². The van der Waals surface area contributed by atoms with Gasteiger partial charge < -0.3 is 8.92 Å². The molecule has 0 spiro atoms. The molecule has 0 aliphatic heterocycles. The van der Waals surface area contributed by atoms with Crippen LogP contribution in [0.4, 0.5) is 0 Å². The number of rotatable bonds is 13. The molecular weight excluding hydrogens is 391 g/mol. The summed E-state index contributed by atoms with van der Waals surface area (Å²) in [7, 11) is -4.31. The molecule has 8 heteroatoms. The van der Waals surface area contributed by atoms with Crippen molar-refractivity contribution in [3.63, 3.8) is 0 Å². The number of carbonyl (C=O) groups excluding carboxylic acids is 2. The zero-order chi connectivity index (χ0) is 20.0. The van der Waals surface area contributed by atoms with Gasteiger partial charge in [-0.15, -0.1) is 0 Å². The zero-order valence-electron chi connectivity index (χ0n) is 16.0. The fraction of sp³-hybridized carbons (Fsp3) is 0.600. The molecule has 1 aromatic rings. The summed E-state index contributed by atoms with van der Waals surface area (Å²) in [5, 5.41) is 0. The summed E-state index contributed by atoms with van der Waals surface area (Å²) in [5.41, 5.74) is 0. The summed E-state index contributed by atoms with van der Waals surface area (Å²) in [6.07, 6.45) is 11.4. The second-order valence-electron chi connectivity index (χ2n) is 6.46. The van der Waals surface area contributed by atoms with Crippen molar-refractivity contribution in [2.24, 2.45) is 0 Å². The molecule has 0 aromatic heterocycles. The Bertz CT molecular complexity index is 661. The second kappa shape index (κ2) is 16.0. The van der Waals surface area contributed by atoms with Gasteiger partial charge in [0.05, 0.1) is 6.61 Å². The molecule has 1 rings (SSSR count). The maximum absolute atomic E-state index is 11.9. The maximum atomic E-state index is 11.9. The molecule has 0 saturated carbocycles. The van der Waals surface area contributed by atoms with E-state index < -0.39 is 22.1 Å². The van der Waals surface area contributed by atoms with E-state index in [1.165, 1.54) is 62.8 Å². The Morgan fingerprint density at radius 1 is 0.786 bits per heavy atom. The standard InChI is InChI=1S/C20H30O6S.Na.H/c1-2-3-4-5-6-7-8-9-10-14-17-25-19(21)20(22)26-27(23,24)18-15-12-11-13-16-18;;/h11-13,15-16H,2-10,14,17H2,1H3;;. The predicted octanol–water partition coefficient (Wildman–Crippen LogP) is 3.73. The summed E-state index contributed by atoms with van der Waals surface area (Å²) < 4.78 is 32.8. The number of esters is 1. The van der Waals surface area contributed by atoms with Crippen LogP contribution in [-0.4, -0.2) is 56.5 Å². The van der Waals surface area contributed by atoms with Gasteiger partial charge in [-0.2, -0.15) is 8.42 Å². The minimum atomic E-state index is -4.31. The summed E-state index contributed by atoms with van der Waals surface area (Å²) >= 11 is 0. The minimum absolute atomic E-state index is 0.